The molecule has 0 nitrogen and oxygen atoms in total. The Kier molecular flexibility index (Phi) is 0.270. The fourth-order valence-corrected chi connectivity index (χ4v) is 0.204. The minimum atomic E-state index is 0.750. The van der Waals surface area contributed by atoms with Gasteiger partial charge in [0.25, 0.3) is 0 Å². The molecule has 1 heteroatoms. The molecule has 0 aromatic heterocycles. The van der Waals surface area contributed by atoms with Crippen molar-refractivity contribution in [3.05, 3.63) is 0 Å². The fraction of sp³-hybridized carbons (Fsp3) is 0.667. The highest BCUT2D eigenvalue weighted by Crippen LogP contribution is 2.08. The van der Waals surface area contributed by atoms with Crippen molar-refractivity contribution < 1.29 is 0 Å². The van der Waals surface area contributed by atoms with Crippen LogP contribution in [0.2, 0.25) is 0 Å². The molecule has 0 fully saturated rings. The molecule has 0 saturated carbocycles. The predicted octanol–water partition coefficient (Wildman–Crippen LogP) is 1.08. The van der Waals surface area contributed by atoms with Crippen LogP contribution >= 0.6 is 11.2 Å². The Bertz CT molecular complexity index is 67.0. The van der Waals surface area contributed by atoms with E-state index in [0.29, 0.717) is 0 Å². The molecule has 0 aromatic carbocycles. The van der Waals surface area contributed by atoms with Crippen LogP contribution in [0.1, 0.15) is 6.92 Å². The van der Waals surface area contributed by atoms with Crippen LogP contribution in [0.25, 0.3) is 0 Å². The molecule has 1 atom stereocenters. The Labute approximate surface area is 29.4 Å². The van der Waals surface area contributed by atoms with Crippen molar-refractivity contribution in [2.24, 2.45) is 0 Å². The number of hydrogen-bond donors (Lipinski definition) is 0. The lowest BCUT2D eigenvalue weighted by Crippen LogP contribution is -1.60. The van der Waals surface area contributed by atoms with E-state index in [4.69, 9.17) is 0 Å². The van der Waals surface area contributed by atoms with Gasteiger partial charge in [0.15, 0.2) is 0 Å². The third-order valence-electron chi connectivity index (χ3n) is 0.354. The normalized spacial score (nSPS) is 33.8. The SMILES string of the molecule is CC1C#S1. The average molecular weight is 72.1 g/mol. The molecule has 0 bridgehead atoms. The van der Waals surface area contributed by atoms with E-state index >= 15 is 0 Å². The lowest BCUT2D eigenvalue weighted by molar-refractivity contribution is 1.36. The highest BCUT2D eigenvalue weighted by molar-refractivity contribution is 7.95. The zero-order chi connectivity index (χ0) is 2.99. The minimum absolute atomic E-state index is 0.750. The Morgan fingerprint density at radius 2 is 2.25 bits per heavy atom. The molecule has 1 aliphatic heterocycles. The summed E-state index contributed by atoms with van der Waals surface area (Å²) < 4.78 is 0. The van der Waals surface area contributed by atoms with Gasteiger partial charge in [0.2, 0.25) is 0 Å². The highest BCUT2D eigenvalue weighted by Gasteiger charge is 1.95. The topological polar surface area (TPSA) is 0 Å². The molecule has 1 heterocycles. The lowest BCUT2D eigenvalue weighted by atomic mass is 10.6. The van der Waals surface area contributed by atoms with Crippen LogP contribution in [0.3, 0.4) is 0 Å². The monoisotopic (exact) mass is 72.0 g/mol. The molecular weight excluding hydrogens is 68.1 g/mol. The summed E-state index contributed by atoms with van der Waals surface area (Å²) in [5, 5.41) is 3.76. The minimum Gasteiger partial charge on any atom is -0.117 e. The molecule has 22 valence electrons. The van der Waals surface area contributed by atoms with Gasteiger partial charge in [0, 0.05) is 0 Å². The standard InChI is InChI=1S/C3H4S/c1-3-2-4-3/h3H,1H3. The smallest absolute Gasteiger partial charge is 0.0892 e. The van der Waals surface area contributed by atoms with Crippen molar-refractivity contribution in [2.45, 2.75) is 12.2 Å². The van der Waals surface area contributed by atoms with Gasteiger partial charge in [-0.15, -0.1) is 11.2 Å². The fourth-order valence-electron chi connectivity index (χ4n) is 0.0680. The Morgan fingerprint density at radius 3 is 2.25 bits per heavy atom. The third kappa shape index (κ3) is 0.222. The van der Waals surface area contributed by atoms with Crippen molar-refractivity contribution in [3.8, 4) is 5.18 Å². The van der Waals surface area contributed by atoms with Gasteiger partial charge >= 0.3 is 0 Å². The molecule has 4 heavy (non-hydrogen) atoms. The van der Waals surface area contributed by atoms with Gasteiger partial charge in [-0.3, -0.25) is 0 Å². The van der Waals surface area contributed by atoms with Crippen molar-refractivity contribution in [3.63, 3.8) is 0 Å². The molecule has 0 amide bonds. The quantitative estimate of drug-likeness (QED) is 0.401. The summed E-state index contributed by atoms with van der Waals surface area (Å²) in [5.74, 6) is 0. The molecule has 0 aromatic rings. The van der Waals surface area contributed by atoms with Gasteiger partial charge in [-0.25, -0.2) is 0 Å². The maximum absolute atomic E-state index is 3.01. The largest absolute Gasteiger partial charge is 0.117 e. The maximum Gasteiger partial charge on any atom is 0.0892 e. The van der Waals surface area contributed by atoms with E-state index in [0.717, 1.165) is 5.25 Å². The first kappa shape index (κ1) is 2.25. The van der Waals surface area contributed by atoms with Crippen molar-refractivity contribution in [2.75, 3.05) is 0 Å². The van der Waals surface area contributed by atoms with E-state index in [1.807, 2.05) is 0 Å². The van der Waals surface area contributed by atoms with Crippen LogP contribution < -0.4 is 0 Å². The molecule has 1 unspecified atom stereocenters. The van der Waals surface area contributed by atoms with Gasteiger partial charge < -0.3 is 0 Å². The van der Waals surface area contributed by atoms with E-state index in [1.54, 1.807) is 11.2 Å². The number of rotatable bonds is 0. The Morgan fingerprint density at radius 1 is 2.00 bits per heavy atom. The van der Waals surface area contributed by atoms with Gasteiger partial charge in [-0.1, -0.05) is 5.18 Å². The summed E-state index contributed by atoms with van der Waals surface area (Å²) in [6, 6.07) is 0. The van der Waals surface area contributed by atoms with E-state index < -0.39 is 0 Å². The second kappa shape index (κ2) is 0.480. The second-order valence-corrected chi connectivity index (χ2v) is 2.06. The van der Waals surface area contributed by atoms with Gasteiger partial charge in [0.1, 0.15) is 0 Å². The van der Waals surface area contributed by atoms with Crippen LogP contribution in [0.5, 0.6) is 0 Å². The maximum atomic E-state index is 3.01. The summed E-state index contributed by atoms with van der Waals surface area (Å²) in [5.41, 5.74) is 0. The van der Waals surface area contributed by atoms with Crippen molar-refractivity contribution in [1.82, 2.24) is 0 Å². The molecule has 0 spiro atoms. The molecule has 0 radical (unpaired) electrons. The molecule has 0 aliphatic carbocycles. The summed E-state index contributed by atoms with van der Waals surface area (Å²) in [7, 11) is 0. The van der Waals surface area contributed by atoms with Gasteiger partial charge in [0.05, 0.1) is 5.25 Å². The Hall–Kier alpha value is 0. The van der Waals surface area contributed by atoms with Crippen LogP contribution in [0.4, 0.5) is 0 Å². The predicted molar refractivity (Wildman–Crippen MR) is 20.9 cm³/mol. The van der Waals surface area contributed by atoms with Crippen LogP contribution in [0, 0.1) is 5.18 Å². The first-order valence-electron chi connectivity index (χ1n) is 1.31. The van der Waals surface area contributed by atoms with Crippen LogP contribution in [-0.4, -0.2) is 5.25 Å². The first-order chi connectivity index (χ1) is 1.89. The van der Waals surface area contributed by atoms with Crippen LogP contribution in [-0.2, 0) is 0 Å². The zero-order valence-electron chi connectivity index (χ0n) is 2.49. The van der Waals surface area contributed by atoms with E-state index in [9.17, 15) is 0 Å². The molecule has 1 rings (SSSR count). The van der Waals surface area contributed by atoms with Crippen molar-refractivity contribution >= 4 is 11.2 Å². The summed E-state index contributed by atoms with van der Waals surface area (Å²) in [6.07, 6.45) is 0. The average Bonchev–Trinajstić information content (AvgIpc) is 1.75. The highest BCUT2D eigenvalue weighted by atomic mass is 32.1. The van der Waals surface area contributed by atoms with Gasteiger partial charge in [-0.05, 0) is 6.92 Å². The molecule has 0 saturated heterocycles. The van der Waals surface area contributed by atoms with E-state index in [-0.39, 0.29) is 0 Å². The Balaban J connectivity index is 2.38. The molecule has 1 aliphatic rings. The first-order valence-corrected chi connectivity index (χ1v) is 2.19. The molecular formula is C3H4S. The zero-order valence-corrected chi connectivity index (χ0v) is 3.30. The number of hydrogen-bond acceptors (Lipinski definition) is 0. The lowest BCUT2D eigenvalue weighted by Gasteiger charge is -1.55. The summed E-state index contributed by atoms with van der Waals surface area (Å²) >= 11 is 1.77. The van der Waals surface area contributed by atoms with Crippen LogP contribution in [0.15, 0.2) is 0 Å². The van der Waals surface area contributed by atoms with E-state index in [1.165, 1.54) is 0 Å². The second-order valence-electron chi connectivity index (χ2n) is 0.878. The van der Waals surface area contributed by atoms with Crippen molar-refractivity contribution in [1.29, 1.82) is 0 Å². The summed E-state index contributed by atoms with van der Waals surface area (Å²) in [6.45, 7) is 2.13. The van der Waals surface area contributed by atoms with Gasteiger partial charge in [-0.2, -0.15) is 0 Å². The summed E-state index contributed by atoms with van der Waals surface area (Å²) in [4.78, 5) is 0. The van der Waals surface area contributed by atoms with E-state index in [2.05, 4.69) is 12.1 Å². The third-order valence-corrected chi connectivity index (χ3v) is 1.06. The molecule has 0 N–H and O–H groups in total.